The second-order valence-corrected chi connectivity index (χ2v) is 9.25. The Morgan fingerprint density at radius 1 is 0.970 bits per heavy atom. The molecule has 2 aromatic rings. The third kappa shape index (κ3) is 4.88. The van der Waals surface area contributed by atoms with Crippen molar-refractivity contribution in [3.63, 3.8) is 0 Å². The predicted molar refractivity (Wildman–Crippen MR) is 128 cm³/mol. The van der Waals surface area contributed by atoms with Crippen molar-refractivity contribution in [2.24, 2.45) is 11.8 Å². The lowest BCUT2D eigenvalue weighted by Gasteiger charge is -2.41. The van der Waals surface area contributed by atoms with Gasteiger partial charge < -0.3 is 4.90 Å². The lowest BCUT2D eigenvalue weighted by Crippen LogP contribution is -2.51. The fourth-order valence-electron chi connectivity index (χ4n) is 5.27. The van der Waals surface area contributed by atoms with Gasteiger partial charge in [0.05, 0.1) is 23.1 Å². The van der Waals surface area contributed by atoms with Gasteiger partial charge in [-0.1, -0.05) is 61.4 Å². The Balaban J connectivity index is 1.41. The Bertz CT molecular complexity index is 994. The maximum absolute atomic E-state index is 13.5. The van der Waals surface area contributed by atoms with E-state index in [-0.39, 0.29) is 23.7 Å². The van der Waals surface area contributed by atoms with E-state index < -0.39 is 5.41 Å². The number of carbonyl (C=O) groups excluding carboxylic acids is 2. The standard InChI is InChI=1S/C27H32N4O2/c1-30(22-12-6-3-7-13-22)29-25(32)23-14-8-9-15-24(23)26(33)31-18-16-27(20-28,17-19-31)21-10-4-2-5-11-21/h2-7,10-13,23-24H,8-9,14-19H2,1H3,(H,29,32). The molecule has 4 rings (SSSR count). The van der Waals surface area contributed by atoms with Gasteiger partial charge in [-0.05, 0) is 43.4 Å². The van der Waals surface area contributed by atoms with Crippen molar-refractivity contribution in [3.8, 4) is 6.07 Å². The maximum atomic E-state index is 13.5. The number of hydrogen-bond acceptors (Lipinski definition) is 4. The summed E-state index contributed by atoms with van der Waals surface area (Å²) in [4.78, 5) is 28.5. The molecule has 2 aromatic carbocycles. The second kappa shape index (κ2) is 10.1. The second-order valence-electron chi connectivity index (χ2n) is 9.25. The molecule has 33 heavy (non-hydrogen) atoms. The summed E-state index contributed by atoms with van der Waals surface area (Å²) in [6.07, 6.45) is 4.64. The molecule has 1 saturated carbocycles. The quantitative estimate of drug-likeness (QED) is 0.706. The highest BCUT2D eigenvalue weighted by Gasteiger charge is 2.42. The number of benzene rings is 2. The van der Waals surface area contributed by atoms with Crippen LogP contribution in [0.5, 0.6) is 0 Å². The third-order valence-electron chi connectivity index (χ3n) is 7.31. The van der Waals surface area contributed by atoms with Gasteiger partial charge in [0.2, 0.25) is 11.8 Å². The van der Waals surface area contributed by atoms with Crippen molar-refractivity contribution >= 4 is 17.5 Å². The van der Waals surface area contributed by atoms with Crippen LogP contribution in [0.4, 0.5) is 5.69 Å². The minimum Gasteiger partial charge on any atom is -0.342 e. The lowest BCUT2D eigenvalue weighted by molar-refractivity contribution is -0.144. The fourth-order valence-corrected chi connectivity index (χ4v) is 5.27. The fraction of sp³-hybridized carbons (Fsp3) is 0.444. The molecule has 1 heterocycles. The Morgan fingerprint density at radius 2 is 1.55 bits per heavy atom. The molecule has 6 nitrogen and oxygen atoms in total. The van der Waals surface area contributed by atoms with Crippen LogP contribution in [-0.2, 0) is 15.0 Å². The smallest absolute Gasteiger partial charge is 0.242 e. The molecule has 2 atom stereocenters. The summed E-state index contributed by atoms with van der Waals surface area (Å²) in [5.41, 5.74) is 4.36. The molecule has 0 bridgehead atoms. The van der Waals surface area contributed by atoms with Gasteiger partial charge in [0, 0.05) is 26.1 Å². The summed E-state index contributed by atoms with van der Waals surface area (Å²) >= 11 is 0. The van der Waals surface area contributed by atoms with E-state index in [1.807, 2.05) is 72.6 Å². The van der Waals surface area contributed by atoms with Crippen molar-refractivity contribution in [1.82, 2.24) is 10.3 Å². The van der Waals surface area contributed by atoms with E-state index in [2.05, 4.69) is 11.5 Å². The molecular formula is C27H32N4O2. The zero-order valence-electron chi connectivity index (χ0n) is 19.2. The molecule has 1 saturated heterocycles. The predicted octanol–water partition coefficient (Wildman–Crippen LogP) is 4.04. The van der Waals surface area contributed by atoms with Gasteiger partial charge in [0.1, 0.15) is 0 Å². The molecule has 0 aromatic heterocycles. The number of hydrogen-bond donors (Lipinski definition) is 1. The molecular weight excluding hydrogens is 412 g/mol. The summed E-state index contributed by atoms with van der Waals surface area (Å²) < 4.78 is 0. The van der Waals surface area contributed by atoms with E-state index in [1.54, 1.807) is 5.01 Å². The van der Waals surface area contributed by atoms with Crippen LogP contribution >= 0.6 is 0 Å². The maximum Gasteiger partial charge on any atom is 0.242 e. The summed E-state index contributed by atoms with van der Waals surface area (Å²) in [6.45, 7) is 1.10. The van der Waals surface area contributed by atoms with Gasteiger partial charge in [0.25, 0.3) is 0 Å². The van der Waals surface area contributed by atoms with E-state index in [4.69, 9.17) is 0 Å². The molecule has 2 aliphatic rings. The van der Waals surface area contributed by atoms with Crippen LogP contribution in [0, 0.1) is 23.2 Å². The number of para-hydroxylation sites is 1. The number of nitrogens with one attached hydrogen (secondary N) is 1. The number of nitriles is 1. The summed E-state index contributed by atoms with van der Waals surface area (Å²) in [5.74, 6) is -0.646. The highest BCUT2D eigenvalue weighted by atomic mass is 16.2. The van der Waals surface area contributed by atoms with Crippen molar-refractivity contribution in [2.75, 3.05) is 25.1 Å². The van der Waals surface area contributed by atoms with Crippen molar-refractivity contribution in [2.45, 2.75) is 43.9 Å². The number of rotatable bonds is 5. The topological polar surface area (TPSA) is 76.4 Å². The van der Waals surface area contributed by atoms with Crippen LogP contribution < -0.4 is 10.4 Å². The minimum absolute atomic E-state index is 0.0665. The molecule has 1 N–H and O–H groups in total. The van der Waals surface area contributed by atoms with E-state index in [9.17, 15) is 14.9 Å². The van der Waals surface area contributed by atoms with Crippen LogP contribution in [-0.4, -0.2) is 36.9 Å². The largest absolute Gasteiger partial charge is 0.342 e. The van der Waals surface area contributed by atoms with Crippen LogP contribution in [0.15, 0.2) is 60.7 Å². The number of hydrazine groups is 1. The van der Waals surface area contributed by atoms with Gasteiger partial charge in [-0.2, -0.15) is 5.26 Å². The van der Waals surface area contributed by atoms with E-state index in [0.29, 0.717) is 25.9 Å². The van der Waals surface area contributed by atoms with Gasteiger partial charge in [-0.15, -0.1) is 0 Å². The van der Waals surface area contributed by atoms with E-state index in [1.165, 1.54) is 0 Å². The number of likely N-dealkylation sites (tertiary alicyclic amines) is 1. The lowest BCUT2D eigenvalue weighted by atomic mass is 9.73. The first-order chi connectivity index (χ1) is 16.0. The zero-order chi connectivity index (χ0) is 23.3. The Kier molecular flexibility index (Phi) is 6.98. The molecule has 2 unspecified atom stereocenters. The monoisotopic (exact) mass is 444 g/mol. The first-order valence-electron chi connectivity index (χ1n) is 11.9. The van der Waals surface area contributed by atoms with Crippen molar-refractivity contribution < 1.29 is 9.59 Å². The van der Waals surface area contributed by atoms with E-state index in [0.717, 1.165) is 36.9 Å². The number of carbonyl (C=O) groups is 2. The molecule has 172 valence electrons. The van der Waals surface area contributed by atoms with Gasteiger partial charge in [0.15, 0.2) is 0 Å². The SMILES string of the molecule is CN(NC(=O)C1CCCCC1C(=O)N1CCC(C#N)(c2ccccc2)CC1)c1ccccc1. The summed E-state index contributed by atoms with van der Waals surface area (Å²) in [5, 5.41) is 11.7. The first kappa shape index (κ1) is 22.8. The van der Waals surface area contributed by atoms with Crippen LogP contribution in [0.25, 0.3) is 0 Å². The number of nitrogens with zero attached hydrogens (tertiary/aromatic N) is 3. The highest BCUT2D eigenvalue weighted by Crippen LogP contribution is 2.37. The third-order valence-corrected chi connectivity index (χ3v) is 7.31. The van der Waals surface area contributed by atoms with Crippen molar-refractivity contribution in [1.29, 1.82) is 5.26 Å². The Hall–Kier alpha value is -3.33. The zero-order valence-corrected chi connectivity index (χ0v) is 19.2. The summed E-state index contributed by atoms with van der Waals surface area (Å²) in [6, 6.07) is 22.1. The molecule has 0 spiro atoms. The molecule has 2 amide bonds. The van der Waals surface area contributed by atoms with Crippen molar-refractivity contribution in [3.05, 3.63) is 66.2 Å². The van der Waals surface area contributed by atoms with E-state index >= 15 is 0 Å². The molecule has 1 aliphatic heterocycles. The number of piperidine rings is 1. The molecule has 6 heteroatoms. The Labute approximate surface area is 196 Å². The van der Waals surface area contributed by atoms with Crippen LogP contribution in [0.3, 0.4) is 0 Å². The average molecular weight is 445 g/mol. The molecule has 1 aliphatic carbocycles. The Morgan fingerprint density at radius 3 is 2.15 bits per heavy atom. The molecule has 2 fully saturated rings. The molecule has 0 radical (unpaired) electrons. The highest BCUT2D eigenvalue weighted by molar-refractivity contribution is 5.88. The van der Waals surface area contributed by atoms with Gasteiger partial charge >= 0.3 is 0 Å². The minimum atomic E-state index is -0.542. The average Bonchev–Trinajstić information content (AvgIpc) is 2.89. The van der Waals surface area contributed by atoms with Gasteiger partial charge in [-0.25, -0.2) is 0 Å². The first-order valence-corrected chi connectivity index (χ1v) is 11.9. The number of amides is 2. The van der Waals surface area contributed by atoms with Crippen LogP contribution in [0.1, 0.15) is 44.1 Å². The van der Waals surface area contributed by atoms with Crippen LogP contribution in [0.2, 0.25) is 0 Å². The normalized spacial score (nSPS) is 22.1. The summed E-state index contributed by atoms with van der Waals surface area (Å²) in [7, 11) is 1.82. The number of anilines is 1. The van der Waals surface area contributed by atoms with Gasteiger partial charge in [-0.3, -0.25) is 20.0 Å².